The van der Waals surface area contributed by atoms with Gasteiger partial charge in [-0.3, -0.25) is 4.79 Å². The number of urea groups is 1. The number of thiophene rings is 1. The lowest BCUT2D eigenvalue weighted by atomic mass is 9.97. The molecule has 8 heteroatoms. The number of carbonyl (C=O) groups excluding carboxylic acids is 2. The van der Waals surface area contributed by atoms with Crippen LogP contribution in [0.1, 0.15) is 49.1 Å². The molecule has 1 aromatic heterocycles. The summed E-state index contributed by atoms with van der Waals surface area (Å²) in [7, 11) is -3.46. The first-order chi connectivity index (χ1) is 17.1. The number of amides is 2. The summed E-state index contributed by atoms with van der Waals surface area (Å²) < 4.78 is 25.4. The molecule has 2 N–H and O–H groups in total. The first-order valence-electron chi connectivity index (χ1n) is 12.1. The highest BCUT2D eigenvalue weighted by molar-refractivity contribution is 7.90. The lowest BCUT2D eigenvalue weighted by Gasteiger charge is -2.20. The highest BCUT2D eigenvalue weighted by atomic mass is 32.2. The maximum atomic E-state index is 12.8. The lowest BCUT2D eigenvalue weighted by molar-refractivity contribution is -0.121. The van der Waals surface area contributed by atoms with Crippen LogP contribution in [0.3, 0.4) is 0 Å². The van der Waals surface area contributed by atoms with E-state index in [1.165, 1.54) is 4.88 Å². The molecule has 0 saturated carbocycles. The van der Waals surface area contributed by atoms with Crippen LogP contribution >= 0.6 is 11.3 Å². The molecule has 192 valence electrons. The molecule has 36 heavy (non-hydrogen) atoms. The van der Waals surface area contributed by atoms with Crippen molar-refractivity contribution in [3.05, 3.63) is 82.0 Å². The fraction of sp³-hybridized carbons (Fsp3) is 0.357. The SMILES string of the molecule is Cc1ccc(S(=O)(=O)Cc2ccc(NC(=O)N[C@H](CC(C)C)C(=O)CCCc3cccs3)cc2)cc1. The minimum atomic E-state index is -3.46. The summed E-state index contributed by atoms with van der Waals surface area (Å²) in [5.74, 6) is 0.164. The number of ketones is 1. The number of hydrogen-bond acceptors (Lipinski definition) is 5. The van der Waals surface area contributed by atoms with Crippen molar-refractivity contribution in [3.63, 3.8) is 0 Å². The number of carbonyl (C=O) groups is 2. The van der Waals surface area contributed by atoms with Crippen LogP contribution in [0.4, 0.5) is 10.5 Å². The number of rotatable bonds is 12. The number of nitrogens with one attached hydrogen (secondary N) is 2. The number of sulfone groups is 1. The van der Waals surface area contributed by atoms with Crippen molar-refractivity contribution in [2.75, 3.05) is 5.32 Å². The molecule has 3 rings (SSSR count). The summed E-state index contributed by atoms with van der Waals surface area (Å²) >= 11 is 1.68. The normalized spacial score (nSPS) is 12.3. The lowest BCUT2D eigenvalue weighted by Crippen LogP contribution is -2.43. The van der Waals surface area contributed by atoms with Crippen molar-refractivity contribution >= 4 is 38.7 Å². The first kappa shape index (κ1) is 27.6. The van der Waals surface area contributed by atoms with E-state index in [0.29, 0.717) is 24.1 Å². The Labute approximate surface area is 218 Å². The minimum Gasteiger partial charge on any atom is -0.328 e. The first-order valence-corrected chi connectivity index (χ1v) is 14.7. The Morgan fingerprint density at radius 1 is 0.972 bits per heavy atom. The number of hydrogen-bond donors (Lipinski definition) is 2. The van der Waals surface area contributed by atoms with E-state index in [1.807, 2.05) is 32.2 Å². The molecule has 3 aromatic rings. The summed E-state index contributed by atoms with van der Waals surface area (Å²) in [5, 5.41) is 7.61. The van der Waals surface area contributed by atoms with Gasteiger partial charge in [0, 0.05) is 17.0 Å². The van der Waals surface area contributed by atoms with E-state index in [0.717, 1.165) is 18.4 Å². The number of Topliss-reactive ketones (excluding diaryl/α,β-unsaturated/α-hetero) is 1. The zero-order chi connectivity index (χ0) is 26.1. The van der Waals surface area contributed by atoms with Gasteiger partial charge in [0.05, 0.1) is 16.7 Å². The van der Waals surface area contributed by atoms with Gasteiger partial charge in [-0.2, -0.15) is 0 Å². The molecule has 1 atom stereocenters. The van der Waals surface area contributed by atoms with E-state index in [4.69, 9.17) is 0 Å². The Morgan fingerprint density at radius 3 is 2.28 bits per heavy atom. The average molecular weight is 527 g/mol. The van der Waals surface area contributed by atoms with Crippen LogP contribution in [0, 0.1) is 12.8 Å². The Bertz CT molecular complexity index is 1230. The maximum Gasteiger partial charge on any atom is 0.319 e. The minimum absolute atomic E-state index is 0.0343. The molecule has 0 aliphatic rings. The largest absolute Gasteiger partial charge is 0.328 e. The van der Waals surface area contributed by atoms with Gasteiger partial charge in [0.1, 0.15) is 0 Å². The van der Waals surface area contributed by atoms with E-state index < -0.39 is 21.9 Å². The molecule has 2 amide bonds. The summed E-state index contributed by atoms with van der Waals surface area (Å²) in [6.07, 6.45) is 2.60. The van der Waals surface area contributed by atoms with Crippen molar-refractivity contribution in [1.82, 2.24) is 5.32 Å². The van der Waals surface area contributed by atoms with Gasteiger partial charge in [0.25, 0.3) is 0 Å². The second-order valence-corrected chi connectivity index (χ2v) is 12.5. The average Bonchev–Trinajstić information content (AvgIpc) is 3.33. The van der Waals surface area contributed by atoms with Crippen molar-refractivity contribution in [3.8, 4) is 0 Å². The Hall–Kier alpha value is -2.97. The molecule has 6 nitrogen and oxygen atoms in total. The van der Waals surface area contributed by atoms with Crippen LogP contribution in [-0.2, 0) is 26.8 Å². The number of aryl methyl sites for hydroxylation is 2. The molecule has 0 aliphatic carbocycles. The summed E-state index contributed by atoms with van der Waals surface area (Å²) in [6, 6.07) is 16.5. The van der Waals surface area contributed by atoms with Crippen molar-refractivity contribution < 1.29 is 18.0 Å². The third-order valence-corrected chi connectivity index (χ3v) is 8.42. The third kappa shape index (κ3) is 8.60. The van der Waals surface area contributed by atoms with Crippen molar-refractivity contribution in [2.24, 2.45) is 5.92 Å². The Balaban J connectivity index is 1.54. The van der Waals surface area contributed by atoms with Gasteiger partial charge < -0.3 is 10.6 Å². The van der Waals surface area contributed by atoms with Gasteiger partial charge in [0.15, 0.2) is 15.6 Å². The zero-order valence-corrected chi connectivity index (χ0v) is 22.6. The molecule has 0 saturated heterocycles. The Kier molecular flexibility index (Phi) is 9.84. The van der Waals surface area contributed by atoms with Gasteiger partial charge >= 0.3 is 6.03 Å². The maximum absolute atomic E-state index is 12.8. The zero-order valence-electron chi connectivity index (χ0n) is 21.0. The van der Waals surface area contributed by atoms with Crippen LogP contribution in [0.2, 0.25) is 0 Å². The summed E-state index contributed by atoms with van der Waals surface area (Å²) in [4.78, 5) is 27.0. The van der Waals surface area contributed by atoms with Gasteiger partial charge in [0.2, 0.25) is 0 Å². The molecule has 0 unspecified atom stereocenters. The van der Waals surface area contributed by atoms with E-state index in [2.05, 4.69) is 16.7 Å². The molecular weight excluding hydrogens is 492 g/mol. The van der Waals surface area contributed by atoms with E-state index in [1.54, 1.807) is 59.9 Å². The highest BCUT2D eigenvalue weighted by Gasteiger charge is 2.22. The fourth-order valence-corrected chi connectivity index (χ4v) is 5.97. The topological polar surface area (TPSA) is 92.3 Å². The Morgan fingerprint density at radius 2 is 1.67 bits per heavy atom. The molecule has 0 bridgehead atoms. The second kappa shape index (κ2) is 12.8. The standard InChI is InChI=1S/C28H34N2O4S2/c1-20(2)18-26(27(31)8-4-6-24-7-5-17-35-24)30-28(32)29-23-13-11-22(12-14-23)19-36(33,34)25-15-9-21(3)10-16-25/h5,7,9-17,20,26H,4,6,8,18-19H2,1-3H3,(H2,29,30,32)/t26-/m1/s1. The molecular formula is C28H34N2O4S2. The summed E-state index contributed by atoms with van der Waals surface area (Å²) in [6.45, 7) is 5.95. The number of anilines is 1. The molecule has 0 radical (unpaired) electrons. The van der Waals surface area contributed by atoms with Crippen LogP contribution in [0.5, 0.6) is 0 Å². The van der Waals surface area contributed by atoms with Gasteiger partial charge in [-0.1, -0.05) is 49.7 Å². The number of benzene rings is 2. The smallest absolute Gasteiger partial charge is 0.319 e. The van der Waals surface area contributed by atoms with Gasteiger partial charge in [-0.05, 0) is 73.4 Å². The predicted octanol–water partition coefficient (Wildman–Crippen LogP) is 6.16. The van der Waals surface area contributed by atoms with E-state index in [-0.39, 0.29) is 22.3 Å². The molecule has 1 heterocycles. The molecule has 0 fully saturated rings. The molecule has 0 aliphatic heterocycles. The van der Waals surface area contributed by atoms with E-state index in [9.17, 15) is 18.0 Å². The van der Waals surface area contributed by atoms with Crippen molar-refractivity contribution in [2.45, 2.75) is 63.1 Å². The third-order valence-electron chi connectivity index (χ3n) is 5.78. The van der Waals surface area contributed by atoms with Crippen LogP contribution < -0.4 is 10.6 Å². The fourth-order valence-electron chi connectivity index (χ4n) is 3.87. The second-order valence-electron chi connectivity index (χ2n) is 9.45. The quantitative estimate of drug-likeness (QED) is 0.296. The molecule has 0 spiro atoms. The highest BCUT2D eigenvalue weighted by Crippen LogP contribution is 2.19. The summed E-state index contributed by atoms with van der Waals surface area (Å²) in [5.41, 5.74) is 2.15. The van der Waals surface area contributed by atoms with Crippen molar-refractivity contribution in [1.29, 1.82) is 0 Å². The van der Waals surface area contributed by atoms with Gasteiger partial charge in [-0.15, -0.1) is 11.3 Å². The van der Waals surface area contributed by atoms with Crippen LogP contribution in [-0.4, -0.2) is 26.3 Å². The van der Waals surface area contributed by atoms with Crippen LogP contribution in [0.15, 0.2) is 70.9 Å². The predicted molar refractivity (Wildman–Crippen MR) is 146 cm³/mol. The monoisotopic (exact) mass is 526 g/mol. The van der Waals surface area contributed by atoms with Gasteiger partial charge in [-0.25, -0.2) is 13.2 Å². The molecule has 2 aromatic carbocycles. The van der Waals surface area contributed by atoms with Crippen LogP contribution in [0.25, 0.3) is 0 Å². The van der Waals surface area contributed by atoms with E-state index >= 15 is 0 Å².